The lowest BCUT2D eigenvalue weighted by Gasteiger charge is -2.14. The number of nitrogens with zero attached hydrogens (tertiary/aromatic N) is 1. The third kappa shape index (κ3) is 8.68. The Hall–Kier alpha value is -0.430. The fourth-order valence-electron chi connectivity index (χ4n) is 1.58. The zero-order chi connectivity index (χ0) is 14.1. The van der Waals surface area contributed by atoms with Gasteiger partial charge in [0.25, 0.3) is 0 Å². The molecule has 2 N–H and O–H groups in total. The summed E-state index contributed by atoms with van der Waals surface area (Å²) in [5, 5.41) is 6.59. The van der Waals surface area contributed by atoms with E-state index in [-0.39, 0.29) is 24.0 Å². The maximum Gasteiger partial charge on any atom is 0.191 e. The van der Waals surface area contributed by atoms with Crippen molar-refractivity contribution in [3.63, 3.8) is 0 Å². The highest BCUT2D eigenvalue weighted by atomic mass is 127. The Balaban J connectivity index is 0.00000361. The molecule has 5 heteroatoms. The molecule has 20 heavy (non-hydrogen) atoms. The molecule has 114 valence electrons. The van der Waals surface area contributed by atoms with E-state index in [0.29, 0.717) is 6.04 Å². The first-order chi connectivity index (χ1) is 9.11. The fourth-order valence-corrected chi connectivity index (χ4v) is 2.40. The Kier molecular flexibility index (Phi) is 11.0. The van der Waals surface area contributed by atoms with Gasteiger partial charge in [-0.2, -0.15) is 11.8 Å². The first kappa shape index (κ1) is 19.6. The van der Waals surface area contributed by atoms with Crippen LogP contribution in [-0.4, -0.2) is 31.3 Å². The third-order valence-electron chi connectivity index (χ3n) is 2.58. The van der Waals surface area contributed by atoms with E-state index in [9.17, 15) is 0 Å². The van der Waals surface area contributed by atoms with Crippen molar-refractivity contribution in [3.05, 3.63) is 35.4 Å². The maximum absolute atomic E-state index is 4.18. The number of nitrogens with one attached hydrogen (secondary N) is 2. The average Bonchev–Trinajstić information content (AvgIpc) is 2.38. The molecule has 0 heterocycles. The molecule has 0 fully saturated rings. The fraction of sp³-hybridized carbons (Fsp3) is 0.533. The number of rotatable bonds is 6. The molecule has 1 rings (SSSR count). The van der Waals surface area contributed by atoms with Crippen LogP contribution in [0, 0.1) is 6.92 Å². The van der Waals surface area contributed by atoms with Crippen molar-refractivity contribution < 1.29 is 0 Å². The van der Waals surface area contributed by atoms with E-state index in [0.717, 1.165) is 24.0 Å². The lowest BCUT2D eigenvalue weighted by molar-refractivity contribution is 0.706. The predicted molar refractivity (Wildman–Crippen MR) is 102 cm³/mol. The average molecular weight is 407 g/mol. The van der Waals surface area contributed by atoms with Gasteiger partial charge < -0.3 is 10.6 Å². The van der Waals surface area contributed by atoms with Crippen molar-refractivity contribution >= 4 is 41.7 Å². The molecule has 0 aliphatic carbocycles. The van der Waals surface area contributed by atoms with Crippen molar-refractivity contribution in [3.8, 4) is 0 Å². The van der Waals surface area contributed by atoms with Gasteiger partial charge in [-0.05, 0) is 26.3 Å². The second kappa shape index (κ2) is 11.3. The summed E-state index contributed by atoms with van der Waals surface area (Å²) in [5.74, 6) is 3.02. The summed E-state index contributed by atoms with van der Waals surface area (Å²) in [5.41, 5.74) is 2.71. The number of thioether (sulfide) groups is 1. The number of benzene rings is 1. The van der Waals surface area contributed by atoms with Crippen LogP contribution in [0.2, 0.25) is 0 Å². The topological polar surface area (TPSA) is 36.4 Å². The second-order valence-electron chi connectivity index (χ2n) is 4.84. The van der Waals surface area contributed by atoms with Gasteiger partial charge in [0, 0.05) is 31.1 Å². The molecule has 0 bridgehead atoms. The van der Waals surface area contributed by atoms with Gasteiger partial charge in [-0.3, -0.25) is 4.99 Å². The SMILES string of the molecule is CN=C(NCCSCc1ccc(C)cc1)NC(C)C.I. The van der Waals surface area contributed by atoms with E-state index in [2.05, 4.69) is 60.7 Å². The number of aliphatic imine (C=N–C) groups is 1. The van der Waals surface area contributed by atoms with Gasteiger partial charge in [-0.25, -0.2) is 0 Å². The van der Waals surface area contributed by atoms with Crippen LogP contribution in [0.15, 0.2) is 29.3 Å². The van der Waals surface area contributed by atoms with Crippen LogP contribution < -0.4 is 10.6 Å². The Morgan fingerprint density at radius 1 is 1.25 bits per heavy atom. The monoisotopic (exact) mass is 407 g/mol. The van der Waals surface area contributed by atoms with Crippen LogP contribution in [0.25, 0.3) is 0 Å². The van der Waals surface area contributed by atoms with E-state index in [4.69, 9.17) is 0 Å². The molecule has 0 aromatic heterocycles. The van der Waals surface area contributed by atoms with Crippen LogP contribution in [0.4, 0.5) is 0 Å². The lowest BCUT2D eigenvalue weighted by Crippen LogP contribution is -2.41. The van der Waals surface area contributed by atoms with Crippen LogP contribution in [0.3, 0.4) is 0 Å². The molecule has 0 aliphatic heterocycles. The standard InChI is InChI=1S/C15H25N3S.HI/c1-12(2)18-15(16-4)17-9-10-19-11-14-7-5-13(3)6-8-14;/h5-8,12H,9-11H2,1-4H3,(H2,16,17,18);1H. The lowest BCUT2D eigenvalue weighted by atomic mass is 10.2. The molecular formula is C15H26IN3S. The van der Waals surface area contributed by atoms with E-state index < -0.39 is 0 Å². The minimum atomic E-state index is 0. The zero-order valence-electron chi connectivity index (χ0n) is 12.8. The van der Waals surface area contributed by atoms with E-state index in [1.807, 2.05) is 11.8 Å². The quantitative estimate of drug-likeness (QED) is 0.328. The highest BCUT2D eigenvalue weighted by molar-refractivity contribution is 14.0. The molecule has 0 amide bonds. The summed E-state index contributed by atoms with van der Waals surface area (Å²) >= 11 is 1.94. The van der Waals surface area contributed by atoms with Crippen molar-refractivity contribution in [1.29, 1.82) is 0 Å². The van der Waals surface area contributed by atoms with Crippen LogP contribution in [0.5, 0.6) is 0 Å². The van der Waals surface area contributed by atoms with Crippen molar-refractivity contribution in [2.24, 2.45) is 4.99 Å². The van der Waals surface area contributed by atoms with Gasteiger partial charge in [0.1, 0.15) is 0 Å². The molecule has 0 aliphatic rings. The highest BCUT2D eigenvalue weighted by Crippen LogP contribution is 2.12. The molecule has 0 saturated carbocycles. The second-order valence-corrected chi connectivity index (χ2v) is 5.94. The molecule has 0 saturated heterocycles. The molecule has 0 radical (unpaired) electrons. The molecule has 0 spiro atoms. The highest BCUT2D eigenvalue weighted by Gasteiger charge is 1.99. The molecular weight excluding hydrogens is 381 g/mol. The Morgan fingerprint density at radius 3 is 2.45 bits per heavy atom. The molecule has 3 nitrogen and oxygen atoms in total. The number of guanidine groups is 1. The summed E-state index contributed by atoms with van der Waals surface area (Å²) in [6.45, 7) is 7.27. The third-order valence-corrected chi connectivity index (χ3v) is 3.61. The summed E-state index contributed by atoms with van der Waals surface area (Å²) in [7, 11) is 1.80. The number of hydrogen-bond donors (Lipinski definition) is 2. The Bertz CT molecular complexity index is 391. The Labute approximate surface area is 144 Å². The van der Waals surface area contributed by atoms with Gasteiger partial charge in [-0.15, -0.1) is 24.0 Å². The maximum atomic E-state index is 4.18. The van der Waals surface area contributed by atoms with Gasteiger partial charge in [0.15, 0.2) is 5.96 Å². The molecule has 1 aromatic rings. The van der Waals surface area contributed by atoms with Crippen LogP contribution in [0.1, 0.15) is 25.0 Å². The molecule has 0 atom stereocenters. The van der Waals surface area contributed by atoms with Gasteiger partial charge in [-0.1, -0.05) is 29.8 Å². The summed E-state index contributed by atoms with van der Waals surface area (Å²) in [6, 6.07) is 9.15. The largest absolute Gasteiger partial charge is 0.356 e. The smallest absolute Gasteiger partial charge is 0.191 e. The van der Waals surface area contributed by atoms with E-state index in [1.54, 1.807) is 7.05 Å². The van der Waals surface area contributed by atoms with E-state index >= 15 is 0 Å². The first-order valence-corrected chi connectivity index (χ1v) is 7.87. The zero-order valence-corrected chi connectivity index (χ0v) is 15.9. The molecule has 1 aromatic carbocycles. The van der Waals surface area contributed by atoms with Crippen molar-refractivity contribution in [2.45, 2.75) is 32.6 Å². The number of hydrogen-bond acceptors (Lipinski definition) is 2. The number of halogens is 1. The van der Waals surface area contributed by atoms with Gasteiger partial charge >= 0.3 is 0 Å². The van der Waals surface area contributed by atoms with E-state index in [1.165, 1.54) is 11.1 Å². The van der Waals surface area contributed by atoms with Crippen molar-refractivity contribution in [1.82, 2.24) is 10.6 Å². The van der Waals surface area contributed by atoms with Crippen LogP contribution in [-0.2, 0) is 5.75 Å². The van der Waals surface area contributed by atoms with Crippen LogP contribution >= 0.6 is 35.7 Å². The minimum absolute atomic E-state index is 0. The summed E-state index contributed by atoms with van der Waals surface area (Å²) < 4.78 is 0. The van der Waals surface area contributed by atoms with Gasteiger partial charge in [0.05, 0.1) is 0 Å². The Morgan fingerprint density at radius 2 is 1.90 bits per heavy atom. The minimum Gasteiger partial charge on any atom is -0.356 e. The normalized spacial score (nSPS) is 11.2. The molecule has 0 unspecified atom stereocenters. The van der Waals surface area contributed by atoms with Crippen molar-refractivity contribution in [2.75, 3.05) is 19.3 Å². The first-order valence-electron chi connectivity index (χ1n) is 6.72. The summed E-state index contributed by atoms with van der Waals surface area (Å²) in [4.78, 5) is 4.18. The number of aryl methyl sites for hydroxylation is 1. The van der Waals surface area contributed by atoms with Gasteiger partial charge in [0.2, 0.25) is 0 Å². The predicted octanol–water partition coefficient (Wildman–Crippen LogP) is 3.42. The summed E-state index contributed by atoms with van der Waals surface area (Å²) in [6.07, 6.45) is 0.